The van der Waals surface area contributed by atoms with Crippen LogP contribution in [0.5, 0.6) is 0 Å². The summed E-state index contributed by atoms with van der Waals surface area (Å²) in [5, 5.41) is 14.4. The van der Waals surface area contributed by atoms with E-state index < -0.39 is 10.8 Å². The van der Waals surface area contributed by atoms with Gasteiger partial charge < -0.3 is 9.88 Å². The first-order valence-electron chi connectivity index (χ1n) is 9.03. The topological polar surface area (TPSA) is 107 Å². The van der Waals surface area contributed by atoms with Crippen LogP contribution in [0, 0.1) is 10.1 Å². The smallest absolute Gasteiger partial charge is 0.289 e. The SMILES string of the molecule is CCn1c(=NC(=O)c2cc3cc([N+](=O)[O-])ccc3s2)sc2cc(NC(C)=O)ccc21. The second kappa shape index (κ2) is 7.81. The zero-order valence-electron chi connectivity index (χ0n) is 16.0. The van der Waals surface area contributed by atoms with Crippen LogP contribution in [0.1, 0.15) is 23.5 Å². The van der Waals surface area contributed by atoms with Crippen molar-refractivity contribution in [1.82, 2.24) is 4.57 Å². The zero-order chi connectivity index (χ0) is 21.4. The number of non-ortho nitro benzene ring substituents is 1. The highest BCUT2D eigenvalue weighted by Gasteiger charge is 2.14. The van der Waals surface area contributed by atoms with Crippen molar-refractivity contribution in [3.05, 3.63) is 62.3 Å². The first kappa shape index (κ1) is 19.9. The van der Waals surface area contributed by atoms with E-state index in [1.54, 1.807) is 12.1 Å². The highest BCUT2D eigenvalue weighted by Crippen LogP contribution is 2.29. The van der Waals surface area contributed by atoms with E-state index in [9.17, 15) is 19.7 Å². The molecule has 0 bridgehead atoms. The van der Waals surface area contributed by atoms with Crippen LogP contribution in [0.4, 0.5) is 11.4 Å². The van der Waals surface area contributed by atoms with Crippen LogP contribution in [0.25, 0.3) is 20.3 Å². The van der Waals surface area contributed by atoms with Crippen LogP contribution in [0.15, 0.2) is 47.5 Å². The van der Waals surface area contributed by atoms with Gasteiger partial charge in [0.05, 0.1) is 20.0 Å². The standard InChI is InChI=1S/C20H16N4O4S2/c1-3-23-15-6-4-13(21-11(2)25)10-17(15)30-20(23)22-19(26)18-9-12-8-14(24(27)28)5-7-16(12)29-18/h4-10H,3H2,1-2H3,(H,21,25). The number of amides is 2. The van der Waals surface area contributed by atoms with E-state index in [1.807, 2.05) is 29.7 Å². The molecular weight excluding hydrogens is 424 g/mol. The monoisotopic (exact) mass is 440 g/mol. The lowest BCUT2D eigenvalue weighted by atomic mass is 10.2. The van der Waals surface area contributed by atoms with Gasteiger partial charge >= 0.3 is 0 Å². The number of hydrogen-bond donors (Lipinski definition) is 1. The predicted octanol–water partition coefficient (Wildman–Crippen LogP) is 4.55. The van der Waals surface area contributed by atoms with Crippen molar-refractivity contribution >= 4 is 66.2 Å². The van der Waals surface area contributed by atoms with Gasteiger partial charge in [0.25, 0.3) is 11.6 Å². The van der Waals surface area contributed by atoms with E-state index in [-0.39, 0.29) is 11.6 Å². The number of anilines is 1. The average molecular weight is 441 g/mol. The Balaban J connectivity index is 1.76. The fourth-order valence-electron chi connectivity index (χ4n) is 3.14. The molecule has 1 N–H and O–H groups in total. The molecule has 0 aliphatic rings. The van der Waals surface area contributed by atoms with Crippen molar-refractivity contribution in [2.24, 2.45) is 4.99 Å². The summed E-state index contributed by atoms with van der Waals surface area (Å²) in [5.74, 6) is -0.547. The Morgan fingerprint density at radius 2 is 1.93 bits per heavy atom. The lowest BCUT2D eigenvalue weighted by molar-refractivity contribution is -0.384. The Bertz CT molecular complexity index is 1400. The number of aromatic nitrogens is 1. The van der Waals surface area contributed by atoms with Gasteiger partial charge in [-0.3, -0.25) is 19.7 Å². The van der Waals surface area contributed by atoms with E-state index in [4.69, 9.17) is 0 Å². The third-order valence-corrected chi connectivity index (χ3v) is 6.58. The Kier molecular flexibility index (Phi) is 5.18. The second-order valence-electron chi connectivity index (χ2n) is 6.50. The molecule has 0 spiro atoms. The molecule has 30 heavy (non-hydrogen) atoms. The molecule has 4 rings (SSSR count). The molecule has 0 aliphatic carbocycles. The number of aryl methyl sites for hydroxylation is 1. The van der Waals surface area contributed by atoms with Gasteiger partial charge in [-0.2, -0.15) is 4.99 Å². The number of thiazole rings is 1. The molecular formula is C20H16N4O4S2. The van der Waals surface area contributed by atoms with Crippen LogP contribution >= 0.6 is 22.7 Å². The van der Waals surface area contributed by atoms with E-state index in [1.165, 1.54) is 41.7 Å². The van der Waals surface area contributed by atoms with Crippen LogP contribution in [-0.4, -0.2) is 21.3 Å². The van der Waals surface area contributed by atoms with Crippen molar-refractivity contribution in [3.63, 3.8) is 0 Å². The predicted molar refractivity (Wildman–Crippen MR) is 118 cm³/mol. The van der Waals surface area contributed by atoms with Crippen molar-refractivity contribution in [2.75, 3.05) is 5.32 Å². The molecule has 0 saturated carbocycles. The number of carbonyl (C=O) groups is 2. The summed E-state index contributed by atoms with van der Waals surface area (Å²) in [7, 11) is 0. The highest BCUT2D eigenvalue weighted by molar-refractivity contribution is 7.21. The van der Waals surface area contributed by atoms with Crippen LogP contribution in [0.3, 0.4) is 0 Å². The van der Waals surface area contributed by atoms with Gasteiger partial charge in [-0.1, -0.05) is 11.3 Å². The summed E-state index contributed by atoms with van der Waals surface area (Å²) in [5.41, 5.74) is 1.60. The van der Waals surface area contributed by atoms with Gasteiger partial charge in [-0.05, 0) is 37.3 Å². The van der Waals surface area contributed by atoms with Gasteiger partial charge in [0.15, 0.2) is 4.80 Å². The minimum Gasteiger partial charge on any atom is -0.326 e. The Labute approximate surface area is 178 Å². The lowest BCUT2D eigenvalue weighted by Gasteiger charge is -2.03. The third-order valence-electron chi connectivity index (χ3n) is 4.44. The van der Waals surface area contributed by atoms with E-state index in [0.717, 1.165) is 14.9 Å². The molecule has 8 nitrogen and oxygen atoms in total. The summed E-state index contributed by atoms with van der Waals surface area (Å²) in [4.78, 5) is 39.9. The maximum absolute atomic E-state index is 12.8. The molecule has 10 heteroatoms. The molecule has 2 aromatic carbocycles. The fourth-order valence-corrected chi connectivity index (χ4v) is 5.20. The minimum absolute atomic E-state index is 0.0143. The molecule has 152 valence electrons. The molecule has 0 unspecified atom stereocenters. The lowest BCUT2D eigenvalue weighted by Crippen LogP contribution is -2.15. The number of thiophene rings is 1. The van der Waals surface area contributed by atoms with Crippen molar-refractivity contribution in [2.45, 2.75) is 20.4 Å². The average Bonchev–Trinajstić information content (AvgIpc) is 3.27. The quantitative estimate of drug-likeness (QED) is 0.371. The maximum atomic E-state index is 12.8. The first-order valence-corrected chi connectivity index (χ1v) is 10.7. The maximum Gasteiger partial charge on any atom is 0.289 e. The third kappa shape index (κ3) is 3.74. The van der Waals surface area contributed by atoms with Crippen molar-refractivity contribution in [3.8, 4) is 0 Å². The van der Waals surface area contributed by atoms with Gasteiger partial charge in [0.2, 0.25) is 5.91 Å². The Hall–Kier alpha value is -3.37. The van der Waals surface area contributed by atoms with Gasteiger partial charge in [0, 0.05) is 41.4 Å². The highest BCUT2D eigenvalue weighted by atomic mass is 32.1. The molecule has 0 fully saturated rings. The molecule has 0 radical (unpaired) electrons. The summed E-state index contributed by atoms with van der Waals surface area (Å²) in [6.45, 7) is 4.05. The number of nitrogens with zero attached hydrogens (tertiary/aromatic N) is 3. The number of carbonyl (C=O) groups excluding carboxylic acids is 2. The molecule has 0 atom stereocenters. The molecule has 0 saturated heterocycles. The van der Waals surface area contributed by atoms with Crippen LogP contribution in [-0.2, 0) is 11.3 Å². The van der Waals surface area contributed by atoms with Gasteiger partial charge in [-0.15, -0.1) is 11.3 Å². The molecule has 2 aromatic heterocycles. The molecule has 0 aliphatic heterocycles. The number of nitro groups is 1. The van der Waals surface area contributed by atoms with Crippen molar-refractivity contribution < 1.29 is 14.5 Å². The summed E-state index contributed by atoms with van der Waals surface area (Å²) >= 11 is 2.62. The summed E-state index contributed by atoms with van der Waals surface area (Å²) in [6, 6.07) is 11.7. The fraction of sp³-hybridized carbons (Fsp3) is 0.150. The van der Waals surface area contributed by atoms with Crippen molar-refractivity contribution in [1.29, 1.82) is 0 Å². The summed E-state index contributed by atoms with van der Waals surface area (Å²) in [6.07, 6.45) is 0. The first-order chi connectivity index (χ1) is 14.4. The van der Waals surface area contributed by atoms with E-state index >= 15 is 0 Å². The second-order valence-corrected chi connectivity index (χ2v) is 8.59. The number of nitro benzene ring substituents is 1. The van der Waals surface area contributed by atoms with E-state index in [0.29, 0.717) is 27.3 Å². The summed E-state index contributed by atoms with van der Waals surface area (Å²) < 4.78 is 3.63. The number of hydrogen-bond acceptors (Lipinski definition) is 6. The number of fused-ring (bicyclic) bond motifs is 2. The zero-order valence-corrected chi connectivity index (χ0v) is 17.7. The molecule has 2 amide bonds. The Morgan fingerprint density at radius 3 is 2.63 bits per heavy atom. The van der Waals surface area contributed by atoms with Crippen LogP contribution < -0.4 is 10.1 Å². The van der Waals surface area contributed by atoms with E-state index in [2.05, 4.69) is 10.3 Å². The molecule has 2 heterocycles. The largest absolute Gasteiger partial charge is 0.326 e. The number of nitrogens with one attached hydrogen (secondary N) is 1. The number of benzene rings is 2. The normalized spacial score (nSPS) is 11.9. The van der Waals surface area contributed by atoms with Crippen LogP contribution in [0.2, 0.25) is 0 Å². The minimum atomic E-state index is -0.459. The molecule has 4 aromatic rings. The Morgan fingerprint density at radius 1 is 1.13 bits per heavy atom. The number of rotatable bonds is 4. The van der Waals surface area contributed by atoms with Gasteiger partial charge in [0.1, 0.15) is 0 Å². The van der Waals surface area contributed by atoms with Gasteiger partial charge in [-0.25, -0.2) is 0 Å².